The first kappa shape index (κ1) is 8.51. The van der Waals surface area contributed by atoms with E-state index in [0.29, 0.717) is 19.1 Å². The van der Waals surface area contributed by atoms with E-state index in [1.54, 1.807) is 0 Å². The van der Waals surface area contributed by atoms with Crippen LogP contribution in [-0.2, 0) is 0 Å². The molecule has 0 spiro atoms. The Labute approximate surface area is 67.2 Å². The van der Waals surface area contributed by atoms with E-state index in [1.165, 1.54) is 19.3 Å². The van der Waals surface area contributed by atoms with Gasteiger partial charge >= 0.3 is 0 Å². The van der Waals surface area contributed by atoms with Crippen LogP contribution in [0.3, 0.4) is 0 Å². The fourth-order valence-corrected chi connectivity index (χ4v) is 1.36. The number of nitriles is 1. The lowest BCUT2D eigenvalue weighted by Gasteiger charge is -2.35. The van der Waals surface area contributed by atoms with Crippen molar-refractivity contribution in [3.63, 3.8) is 0 Å². The summed E-state index contributed by atoms with van der Waals surface area (Å²) in [6.45, 7) is 1.28. The smallest absolute Gasteiger partial charge is 0.0869 e. The molecule has 3 heteroatoms. The predicted octanol–water partition coefficient (Wildman–Crippen LogP) is 0.357. The van der Waals surface area contributed by atoms with E-state index >= 15 is 0 Å². The molecule has 1 rings (SSSR count). The number of hydrogen-bond donors (Lipinski definition) is 1. The lowest BCUT2D eigenvalue weighted by Crippen LogP contribution is -2.41. The predicted molar refractivity (Wildman–Crippen MR) is 41.9 cm³/mol. The summed E-state index contributed by atoms with van der Waals surface area (Å²) in [7, 11) is 0. The number of hydrogen-bond acceptors (Lipinski definition) is 3. The van der Waals surface area contributed by atoms with Gasteiger partial charge < -0.3 is 5.11 Å². The number of aliphatic hydroxyl groups is 1. The van der Waals surface area contributed by atoms with Crippen molar-refractivity contribution in [2.45, 2.75) is 25.3 Å². The highest BCUT2D eigenvalue weighted by Crippen LogP contribution is 2.23. The summed E-state index contributed by atoms with van der Waals surface area (Å²) in [5.41, 5.74) is 0. The summed E-state index contributed by atoms with van der Waals surface area (Å²) >= 11 is 0. The average molecular weight is 154 g/mol. The van der Waals surface area contributed by atoms with Crippen molar-refractivity contribution in [2.75, 3.05) is 19.7 Å². The van der Waals surface area contributed by atoms with Gasteiger partial charge in [0.15, 0.2) is 0 Å². The van der Waals surface area contributed by atoms with E-state index in [4.69, 9.17) is 10.4 Å². The number of rotatable bonds is 4. The molecule has 0 aromatic carbocycles. The Hall–Kier alpha value is -0.590. The van der Waals surface area contributed by atoms with Crippen LogP contribution in [0.4, 0.5) is 0 Å². The van der Waals surface area contributed by atoms with E-state index in [-0.39, 0.29) is 6.61 Å². The molecule has 0 radical (unpaired) electrons. The van der Waals surface area contributed by atoms with E-state index < -0.39 is 0 Å². The van der Waals surface area contributed by atoms with E-state index in [0.717, 1.165) is 0 Å². The highest BCUT2D eigenvalue weighted by Gasteiger charge is 2.23. The van der Waals surface area contributed by atoms with Gasteiger partial charge in [-0.3, -0.25) is 4.90 Å². The van der Waals surface area contributed by atoms with Crippen LogP contribution in [0.25, 0.3) is 0 Å². The van der Waals surface area contributed by atoms with Crippen LogP contribution in [0.1, 0.15) is 19.3 Å². The minimum absolute atomic E-state index is 0.165. The summed E-state index contributed by atoms with van der Waals surface area (Å²) in [4.78, 5) is 2.06. The molecule has 1 fully saturated rings. The van der Waals surface area contributed by atoms with E-state index in [2.05, 4.69) is 11.0 Å². The molecular formula is C8H14N2O. The first-order valence-corrected chi connectivity index (χ1v) is 4.10. The maximum atomic E-state index is 8.68. The molecule has 3 nitrogen and oxygen atoms in total. The van der Waals surface area contributed by atoms with Gasteiger partial charge in [0.1, 0.15) is 0 Å². The normalized spacial score (nSPS) is 17.9. The quantitative estimate of drug-likeness (QED) is 0.595. The maximum absolute atomic E-state index is 8.68. The molecule has 1 N–H and O–H groups in total. The zero-order valence-corrected chi connectivity index (χ0v) is 6.66. The Bertz CT molecular complexity index is 149. The largest absolute Gasteiger partial charge is 0.395 e. The van der Waals surface area contributed by atoms with Gasteiger partial charge in [-0.1, -0.05) is 6.42 Å². The zero-order chi connectivity index (χ0) is 8.10. The molecule has 0 saturated heterocycles. The fraction of sp³-hybridized carbons (Fsp3) is 0.875. The third-order valence-corrected chi connectivity index (χ3v) is 2.25. The molecule has 1 aliphatic rings. The molecule has 0 aliphatic heterocycles. The van der Waals surface area contributed by atoms with Crippen molar-refractivity contribution in [1.82, 2.24) is 4.90 Å². The summed E-state index contributed by atoms with van der Waals surface area (Å²) in [6, 6.07) is 2.69. The summed E-state index contributed by atoms with van der Waals surface area (Å²) in [6.07, 6.45) is 3.67. The van der Waals surface area contributed by atoms with Gasteiger partial charge in [-0.05, 0) is 12.8 Å². The molecule has 0 heterocycles. The van der Waals surface area contributed by atoms with Gasteiger partial charge in [0.2, 0.25) is 0 Å². The molecule has 0 aromatic heterocycles. The van der Waals surface area contributed by atoms with E-state index in [9.17, 15) is 0 Å². The Morgan fingerprint density at radius 3 is 2.64 bits per heavy atom. The van der Waals surface area contributed by atoms with E-state index in [1.807, 2.05) is 0 Å². The minimum atomic E-state index is 0.165. The second kappa shape index (κ2) is 4.32. The zero-order valence-electron chi connectivity index (χ0n) is 6.66. The maximum Gasteiger partial charge on any atom is 0.0869 e. The van der Waals surface area contributed by atoms with Crippen LogP contribution in [0, 0.1) is 11.3 Å². The van der Waals surface area contributed by atoms with Crippen LogP contribution >= 0.6 is 0 Å². The van der Waals surface area contributed by atoms with Crippen molar-refractivity contribution >= 4 is 0 Å². The summed E-state index contributed by atoms with van der Waals surface area (Å²) < 4.78 is 0. The highest BCUT2D eigenvalue weighted by molar-refractivity contribution is 4.85. The third kappa shape index (κ3) is 2.18. The molecule has 0 unspecified atom stereocenters. The van der Waals surface area contributed by atoms with Gasteiger partial charge in [-0.15, -0.1) is 0 Å². The lowest BCUT2D eigenvalue weighted by molar-refractivity contribution is 0.115. The van der Waals surface area contributed by atoms with Crippen molar-refractivity contribution < 1.29 is 5.11 Å². The topological polar surface area (TPSA) is 47.3 Å². The number of aliphatic hydroxyl groups excluding tert-OH is 1. The number of nitrogens with zero attached hydrogens (tertiary/aromatic N) is 2. The van der Waals surface area contributed by atoms with Crippen LogP contribution in [0.15, 0.2) is 0 Å². The van der Waals surface area contributed by atoms with Crippen molar-refractivity contribution in [3.8, 4) is 6.07 Å². The molecular weight excluding hydrogens is 140 g/mol. The molecule has 0 amide bonds. The van der Waals surface area contributed by atoms with Gasteiger partial charge in [-0.25, -0.2) is 0 Å². The van der Waals surface area contributed by atoms with Gasteiger partial charge in [0, 0.05) is 12.6 Å². The highest BCUT2D eigenvalue weighted by atomic mass is 16.3. The molecule has 0 aromatic rings. The standard InChI is InChI=1S/C8H14N2O/c9-4-5-10(6-7-11)8-2-1-3-8/h8,11H,1-3,5-7H2. The molecule has 1 saturated carbocycles. The van der Waals surface area contributed by atoms with Gasteiger partial charge in [-0.2, -0.15) is 5.26 Å². The second-order valence-electron chi connectivity index (χ2n) is 2.94. The summed E-state index contributed by atoms with van der Waals surface area (Å²) in [5.74, 6) is 0. The van der Waals surface area contributed by atoms with Crippen molar-refractivity contribution in [1.29, 1.82) is 5.26 Å². The first-order valence-electron chi connectivity index (χ1n) is 4.10. The summed E-state index contributed by atoms with van der Waals surface area (Å²) in [5, 5.41) is 17.1. The third-order valence-electron chi connectivity index (χ3n) is 2.25. The van der Waals surface area contributed by atoms with Crippen LogP contribution < -0.4 is 0 Å². The molecule has 0 atom stereocenters. The van der Waals surface area contributed by atoms with Crippen molar-refractivity contribution in [3.05, 3.63) is 0 Å². The Morgan fingerprint density at radius 1 is 1.55 bits per heavy atom. The Balaban J connectivity index is 2.26. The lowest BCUT2D eigenvalue weighted by atomic mass is 9.91. The molecule has 11 heavy (non-hydrogen) atoms. The van der Waals surface area contributed by atoms with Crippen molar-refractivity contribution in [2.24, 2.45) is 0 Å². The second-order valence-corrected chi connectivity index (χ2v) is 2.94. The van der Waals surface area contributed by atoms with Crippen LogP contribution in [-0.4, -0.2) is 35.7 Å². The average Bonchev–Trinajstić information content (AvgIpc) is 1.85. The first-order chi connectivity index (χ1) is 5.38. The van der Waals surface area contributed by atoms with Gasteiger partial charge in [0.05, 0.1) is 19.2 Å². The van der Waals surface area contributed by atoms with Gasteiger partial charge in [0.25, 0.3) is 0 Å². The molecule has 0 bridgehead atoms. The Kier molecular flexibility index (Phi) is 3.34. The SMILES string of the molecule is N#CCN(CCO)C1CCC1. The molecule has 1 aliphatic carbocycles. The Morgan fingerprint density at radius 2 is 2.27 bits per heavy atom. The van der Waals surface area contributed by atoms with Crippen LogP contribution in [0.2, 0.25) is 0 Å². The van der Waals surface area contributed by atoms with Crippen LogP contribution in [0.5, 0.6) is 0 Å². The minimum Gasteiger partial charge on any atom is -0.395 e. The fourth-order valence-electron chi connectivity index (χ4n) is 1.36. The molecule has 62 valence electrons. The monoisotopic (exact) mass is 154 g/mol.